The fraction of sp³-hybridized carbons (Fsp3) is 0.667. The molecule has 0 aliphatic heterocycles. The maximum Gasteiger partial charge on any atom is 0.307 e. The number of esters is 1. The zero-order valence-electron chi connectivity index (χ0n) is 10.3. The van der Waals surface area contributed by atoms with Crippen LogP contribution in [0, 0.1) is 0 Å². The van der Waals surface area contributed by atoms with E-state index >= 15 is 0 Å². The van der Waals surface area contributed by atoms with Gasteiger partial charge < -0.3 is 10.5 Å². The van der Waals surface area contributed by atoms with E-state index in [4.69, 9.17) is 10.5 Å². The Bertz CT molecular complexity index is 523. The molecule has 9 heteroatoms. The van der Waals surface area contributed by atoms with Crippen LogP contribution in [0.2, 0.25) is 0 Å². The van der Waals surface area contributed by atoms with Crippen LogP contribution in [0.1, 0.15) is 20.3 Å². The van der Waals surface area contributed by atoms with Crippen LogP contribution in [0.3, 0.4) is 0 Å². The van der Waals surface area contributed by atoms with E-state index < -0.39 is 15.8 Å². The molecular formula is C9H16N4O4S. The normalized spacial score (nSPS) is 11.4. The van der Waals surface area contributed by atoms with Crippen LogP contribution in [0.15, 0.2) is 5.03 Å². The van der Waals surface area contributed by atoms with Crippen molar-refractivity contribution in [3.63, 3.8) is 0 Å². The topological polar surface area (TPSA) is 117 Å². The SMILES string of the molecule is CCOC(=O)CCn1nnc(S(=O)(=O)CC)c1N. The average molecular weight is 276 g/mol. The number of carbonyl (C=O) groups is 1. The fourth-order valence-corrected chi connectivity index (χ4v) is 2.12. The maximum absolute atomic E-state index is 11.6. The van der Waals surface area contributed by atoms with E-state index in [9.17, 15) is 13.2 Å². The van der Waals surface area contributed by atoms with Crippen molar-refractivity contribution >= 4 is 21.6 Å². The first-order valence-corrected chi connectivity index (χ1v) is 7.15. The minimum Gasteiger partial charge on any atom is -0.466 e. The van der Waals surface area contributed by atoms with Crippen molar-refractivity contribution in [3.05, 3.63) is 0 Å². The lowest BCUT2D eigenvalue weighted by Gasteiger charge is -2.03. The van der Waals surface area contributed by atoms with E-state index in [0.717, 1.165) is 0 Å². The van der Waals surface area contributed by atoms with Crippen molar-refractivity contribution in [2.75, 3.05) is 18.1 Å². The molecule has 0 saturated heterocycles. The number of ether oxygens (including phenoxy) is 1. The van der Waals surface area contributed by atoms with Crippen LogP contribution in [-0.2, 0) is 25.9 Å². The Morgan fingerprint density at radius 3 is 2.67 bits per heavy atom. The summed E-state index contributed by atoms with van der Waals surface area (Å²) in [5.41, 5.74) is 5.63. The minimum absolute atomic E-state index is 0.0545. The van der Waals surface area contributed by atoms with Crippen molar-refractivity contribution in [3.8, 4) is 0 Å². The molecule has 0 aliphatic carbocycles. The first-order chi connectivity index (χ1) is 8.42. The van der Waals surface area contributed by atoms with Crippen molar-refractivity contribution in [1.82, 2.24) is 15.0 Å². The Kier molecular flexibility index (Phi) is 4.65. The summed E-state index contributed by atoms with van der Waals surface area (Å²) in [7, 11) is -3.49. The number of hydrogen-bond acceptors (Lipinski definition) is 7. The molecule has 0 unspecified atom stereocenters. The van der Waals surface area contributed by atoms with Crippen molar-refractivity contribution in [1.29, 1.82) is 0 Å². The number of nitrogen functional groups attached to an aromatic ring is 1. The number of nitrogens with zero attached hydrogens (tertiary/aromatic N) is 3. The summed E-state index contributed by atoms with van der Waals surface area (Å²) in [6.07, 6.45) is 0.0625. The summed E-state index contributed by atoms with van der Waals surface area (Å²) in [6, 6.07) is 0. The lowest BCUT2D eigenvalue weighted by molar-refractivity contribution is -0.143. The molecule has 0 aromatic carbocycles. The van der Waals surface area contributed by atoms with Crippen molar-refractivity contribution in [2.24, 2.45) is 0 Å². The minimum atomic E-state index is -3.49. The van der Waals surface area contributed by atoms with E-state index in [-0.39, 0.29) is 29.6 Å². The number of sulfone groups is 1. The first kappa shape index (κ1) is 14.4. The number of carbonyl (C=O) groups excluding carboxylic acids is 1. The Labute approximate surface area is 105 Å². The third-order valence-electron chi connectivity index (χ3n) is 2.25. The van der Waals surface area contributed by atoms with Crippen LogP contribution in [-0.4, -0.2) is 41.7 Å². The van der Waals surface area contributed by atoms with E-state index in [1.54, 1.807) is 6.92 Å². The van der Waals surface area contributed by atoms with Gasteiger partial charge in [-0.3, -0.25) is 4.79 Å². The molecule has 0 atom stereocenters. The molecular weight excluding hydrogens is 260 g/mol. The molecule has 0 aliphatic rings. The summed E-state index contributed by atoms with van der Waals surface area (Å²) in [5, 5.41) is 6.91. The Hall–Kier alpha value is -1.64. The number of rotatable bonds is 6. The van der Waals surface area contributed by atoms with Crippen molar-refractivity contribution in [2.45, 2.75) is 31.8 Å². The van der Waals surface area contributed by atoms with Gasteiger partial charge in [0, 0.05) is 0 Å². The van der Waals surface area contributed by atoms with Crippen LogP contribution < -0.4 is 5.73 Å². The van der Waals surface area contributed by atoms with Gasteiger partial charge in [0.15, 0.2) is 5.82 Å². The van der Waals surface area contributed by atoms with Gasteiger partial charge in [0.2, 0.25) is 14.9 Å². The number of nitrogens with two attached hydrogens (primary N) is 1. The van der Waals surface area contributed by atoms with Crippen LogP contribution >= 0.6 is 0 Å². The fourth-order valence-electron chi connectivity index (χ4n) is 1.26. The van der Waals surface area contributed by atoms with Crippen LogP contribution in [0.5, 0.6) is 0 Å². The molecule has 0 spiro atoms. The van der Waals surface area contributed by atoms with Gasteiger partial charge >= 0.3 is 5.97 Å². The molecule has 1 aromatic heterocycles. The van der Waals surface area contributed by atoms with Gasteiger partial charge in [-0.05, 0) is 6.92 Å². The quantitative estimate of drug-likeness (QED) is 0.703. The monoisotopic (exact) mass is 276 g/mol. The molecule has 8 nitrogen and oxygen atoms in total. The molecule has 0 saturated carbocycles. The molecule has 2 N–H and O–H groups in total. The summed E-state index contributed by atoms with van der Waals surface area (Å²) in [6.45, 7) is 3.62. The zero-order chi connectivity index (χ0) is 13.8. The van der Waals surface area contributed by atoms with E-state index in [1.165, 1.54) is 11.6 Å². The molecule has 102 valence electrons. The lowest BCUT2D eigenvalue weighted by Crippen LogP contribution is -2.13. The highest BCUT2D eigenvalue weighted by Crippen LogP contribution is 2.16. The van der Waals surface area contributed by atoms with Gasteiger partial charge in [-0.2, -0.15) is 0 Å². The molecule has 0 bridgehead atoms. The Morgan fingerprint density at radius 2 is 2.11 bits per heavy atom. The molecule has 1 rings (SSSR count). The second kappa shape index (κ2) is 5.80. The average Bonchev–Trinajstić information content (AvgIpc) is 2.69. The smallest absolute Gasteiger partial charge is 0.307 e. The van der Waals surface area contributed by atoms with E-state index in [2.05, 4.69) is 10.3 Å². The molecule has 1 heterocycles. The molecule has 0 fully saturated rings. The van der Waals surface area contributed by atoms with Gasteiger partial charge in [0.25, 0.3) is 0 Å². The largest absolute Gasteiger partial charge is 0.466 e. The molecule has 0 amide bonds. The molecule has 0 radical (unpaired) electrons. The van der Waals surface area contributed by atoms with Gasteiger partial charge in [-0.1, -0.05) is 12.1 Å². The van der Waals surface area contributed by atoms with E-state index in [0.29, 0.717) is 6.61 Å². The second-order valence-electron chi connectivity index (χ2n) is 3.46. The third kappa shape index (κ3) is 3.19. The van der Waals surface area contributed by atoms with Gasteiger partial charge in [-0.15, -0.1) is 5.10 Å². The van der Waals surface area contributed by atoms with Crippen molar-refractivity contribution < 1.29 is 17.9 Å². The Morgan fingerprint density at radius 1 is 1.44 bits per heavy atom. The summed E-state index contributed by atoms with van der Waals surface area (Å²) in [5.74, 6) is -0.554. The predicted molar refractivity (Wildman–Crippen MR) is 63.4 cm³/mol. The predicted octanol–water partition coefficient (Wildman–Crippen LogP) is -0.393. The zero-order valence-corrected chi connectivity index (χ0v) is 11.1. The van der Waals surface area contributed by atoms with Crippen LogP contribution in [0.4, 0.5) is 5.82 Å². The van der Waals surface area contributed by atoms with Gasteiger partial charge in [-0.25, -0.2) is 13.1 Å². The third-order valence-corrected chi connectivity index (χ3v) is 3.89. The molecule has 1 aromatic rings. The summed E-state index contributed by atoms with van der Waals surface area (Å²) < 4.78 is 29.1. The number of anilines is 1. The first-order valence-electron chi connectivity index (χ1n) is 5.49. The maximum atomic E-state index is 11.6. The highest BCUT2D eigenvalue weighted by molar-refractivity contribution is 7.91. The van der Waals surface area contributed by atoms with E-state index in [1.807, 2.05) is 0 Å². The number of aromatic nitrogens is 3. The molecule has 18 heavy (non-hydrogen) atoms. The van der Waals surface area contributed by atoms with Gasteiger partial charge in [0.05, 0.1) is 25.3 Å². The number of aryl methyl sites for hydroxylation is 1. The Balaban J connectivity index is 2.79. The highest BCUT2D eigenvalue weighted by atomic mass is 32.2. The number of hydrogen-bond donors (Lipinski definition) is 1. The lowest BCUT2D eigenvalue weighted by atomic mass is 10.4. The highest BCUT2D eigenvalue weighted by Gasteiger charge is 2.22. The second-order valence-corrected chi connectivity index (χ2v) is 5.65. The van der Waals surface area contributed by atoms with Crippen LogP contribution in [0.25, 0.3) is 0 Å². The van der Waals surface area contributed by atoms with Gasteiger partial charge in [0.1, 0.15) is 0 Å². The summed E-state index contributed by atoms with van der Waals surface area (Å²) >= 11 is 0. The summed E-state index contributed by atoms with van der Waals surface area (Å²) in [4.78, 5) is 11.1. The standard InChI is InChI=1S/C9H16N4O4S/c1-3-17-7(14)5-6-13-8(10)9(11-12-13)18(15,16)4-2/h3-6,10H2,1-2H3.